The number of piperidine rings is 1. The molecule has 3 heterocycles. The van der Waals surface area contributed by atoms with Crippen molar-refractivity contribution in [3.8, 4) is 0 Å². The number of hydrogen-bond donors (Lipinski definition) is 1. The zero-order valence-corrected chi connectivity index (χ0v) is 17.3. The van der Waals surface area contributed by atoms with Crippen LogP contribution in [0, 0.1) is 5.82 Å². The maximum atomic E-state index is 14.8. The molecule has 3 aliphatic heterocycles. The van der Waals surface area contributed by atoms with Gasteiger partial charge in [0, 0.05) is 44.7 Å². The van der Waals surface area contributed by atoms with E-state index in [2.05, 4.69) is 5.32 Å². The molecule has 4 rings (SSSR count). The Balaban J connectivity index is 1.51. The second-order valence-corrected chi connectivity index (χ2v) is 9.63. The lowest BCUT2D eigenvalue weighted by atomic mass is 10.0. The third kappa shape index (κ3) is 3.70. The van der Waals surface area contributed by atoms with Gasteiger partial charge in [-0.1, -0.05) is 0 Å². The number of nitrogens with zero attached hydrogens (tertiary/aromatic N) is 3. The number of amides is 3. The van der Waals surface area contributed by atoms with E-state index in [0.717, 1.165) is 6.07 Å². The highest BCUT2D eigenvalue weighted by Gasteiger charge is 2.50. The fraction of sp³-hybridized carbons (Fsp3) is 0.500. The van der Waals surface area contributed by atoms with Crippen molar-refractivity contribution >= 4 is 33.4 Å². The van der Waals surface area contributed by atoms with E-state index in [1.807, 2.05) is 0 Å². The average Bonchev–Trinajstić information content (AvgIpc) is 3.02. The van der Waals surface area contributed by atoms with Crippen molar-refractivity contribution in [3.63, 3.8) is 0 Å². The van der Waals surface area contributed by atoms with E-state index in [0.29, 0.717) is 9.87 Å². The molecule has 0 radical (unpaired) electrons. The highest BCUT2D eigenvalue weighted by Crippen LogP contribution is 2.34. The quantitative estimate of drug-likeness (QED) is 0.503. The number of nitrogens with one attached hydrogen (secondary N) is 1. The number of carbonyl (C=O) groups excluding carboxylic acids is 3. The standard InChI is InChI=1S/C18H18F4N4O5S/c19-12-8-11-10(9-26(17(11)29)13-1-2-15(27)23-16(13)28)7-14(12)24-3-5-25(6-4-24)32(30,31)18(20,21)22/h7-8,13H,1-6,9H2,(H,23,27,28). The van der Waals surface area contributed by atoms with Gasteiger partial charge < -0.3 is 9.80 Å². The fourth-order valence-corrected chi connectivity index (χ4v) is 5.07. The number of halogens is 4. The number of carbonyl (C=O) groups is 3. The molecular weight excluding hydrogens is 460 g/mol. The summed E-state index contributed by atoms with van der Waals surface area (Å²) in [5, 5.41) is 2.17. The monoisotopic (exact) mass is 478 g/mol. The molecule has 0 saturated carbocycles. The van der Waals surface area contributed by atoms with Gasteiger partial charge in [0.05, 0.1) is 5.69 Å². The van der Waals surface area contributed by atoms with Crippen LogP contribution in [0.2, 0.25) is 0 Å². The lowest BCUT2D eigenvalue weighted by Gasteiger charge is -2.35. The van der Waals surface area contributed by atoms with Crippen molar-refractivity contribution in [3.05, 3.63) is 29.1 Å². The van der Waals surface area contributed by atoms with Crippen molar-refractivity contribution in [2.45, 2.75) is 30.9 Å². The molecule has 14 heteroatoms. The lowest BCUT2D eigenvalue weighted by Crippen LogP contribution is -2.52. The van der Waals surface area contributed by atoms with Gasteiger partial charge in [-0.2, -0.15) is 17.5 Å². The Morgan fingerprint density at radius 1 is 1.03 bits per heavy atom. The maximum Gasteiger partial charge on any atom is 0.511 e. The molecule has 1 aromatic rings. The average molecular weight is 478 g/mol. The molecule has 0 aromatic heterocycles. The molecule has 2 saturated heterocycles. The van der Waals surface area contributed by atoms with Crippen LogP contribution in [0.1, 0.15) is 28.8 Å². The molecule has 1 N–H and O–H groups in total. The van der Waals surface area contributed by atoms with Crippen molar-refractivity contribution in [2.24, 2.45) is 0 Å². The summed E-state index contributed by atoms with van der Waals surface area (Å²) in [5.41, 5.74) is -4.88. The number of piperazine rings is 1. The van der Waals surface area contributed by atoms with Gasteiger partial charge in [-0.15, -0.1) is 0 Å². The molecule has 9 nitrogen and oxygen atoms in total. The molecule has 0 aliphatic carbocycles. The van der Waals surface area contributed by atoms with Crippen LogP contribution in [0.4, 0.5) is 23.2 Å². The van der Waals surface area contributed by atoms with Crippen molar-refractivity contribution < 1.29 is 40.4 Å². The Morgan fingerprint density at radius 3 is 2.28 bits per heavy atom. The number of fused-ring (bicyclic) bond motifs is 1. The van der Waals surface area contributed by atoms with Gasteiger partial charge in [0.15, 0.2) is 0 Å². The van der Waals surface area contributed by atoms with Gasteiger partial charge in [-0.25, -0.2) is 12.8 Å². The van der Waals surface area contributed by atoms with Gasteiger partial charge in [0.1, 0.15) is 11.9 Å². The van der Waals surface area contributed by atoms with Crippen LogP contribution >= 0.6 is 0 Å². The first-order valence-corrected chi connectivity index (χ1v) is 11.1. The highest BCUT2D eigenvalue weighted by atomic mass is 32.2. The maximum absolute atomic E-state index is 14.8. The molecule has 32 heavy (non-hydrogen) atoms. The van der Waals surface area contributed by atoms with E-state index in [-0.39, 0.29) is 43.7 Å². The summed E-state index contributed by atoms with van der Waals surface area (Å²) in [6.45, 7) is -1.28. The van der Waals surface area contributed by atoms with E-state index in [9.17, 15) is 40.4 Å². The zero-order chi connectivity index (χ0) is 23.4. The van der Waals surface area contributed by atoms with Crippen LogP contribution < -0.4 is 10.2 Å². The van der Waals surface area contributed by atoms with Crippen molar-refractivity contribution in [2.75, 3.05) is 31.1 Å². The van der Waals surface area contributed by atoms with Crippen LogP contribution in [0.3, 0.4) is 0 Å². The number of anilines is 1. The minimum absolute atomic E-state index is 0.0101. The summed E-state index contributed by atoms with van der Waals surface area (Å²) in [6.07, 6.45) is 0.219. The SMILES string of the molecule is O=C1CCC(N2Cc3cc(N4CCN(S(=O)(=O)C(F)(F)F)CC4)c(F)cc3C2=O)C(=O)N1. The number of alkyl halides is 3. The molecule has 1 unspecified atom stereocenters. The van der Waals surface area contributed by atoms with Crippen molar-refractivity contribution in [1.29, 1.82) is 0 Å². The summed E-state index contributed by atoms with van der Waals surface area (Å²) in [4.78, 5) is 38.8. The minimum Gasteiger partial charge on any atom is -0.367 e. The molecule has 3 aliphatic rings. The number of benzene rings is 1. The largest absolute Gasteiger partial charge is 0.511 e. The summed E-state index contributed by atoms with van der Waals surface area (Å²) in [6, 6.07) is 1.54. The second kappa shape index (κ2) is 7.69. The van der Waals surface area contributed by atoms with Gasteiger partial charge in [0.2, 0.25) is 11.8 Å². The Kier molecular flexibility index (Phi) is 5.40. The molecule has 174 valence electrons. The Morgan fingerprint density at radius 2 is 1.69 bits per heavy atom. The number of rotatable bonds is 3. The summed E-state index contributed by atoms with van der Waals surface area (Å²) >= 11 is 0. The summed E-state index contributed by atoms with van der Waals surface area (Å²) < 4.78 is 76.4. The van der Waals surface area contributed by atoms with E-state index in [4.69, 9.17) is 0 Å². The Bertz CT molecular complexity index is 1100. The second-order valence-electron chi connectivity index (χ2n) is 7.70. The number of hydrogen-bond acceptors (Lipinski definition) is 6. The predicted molar refractivity (Wildman–Crippen MR) is 101 cm³/mol. The van der Waals surface area contributed by atoms with E-state index in [1.54, 1.807) is 0 Å². The first-order chi connectivity index (χ1) is 14.9. The molecule has 1 aromatic carbocycles. The third-order valence-electron chi connectivity index (χ3n) is 5.80. The van der Waals surface area contributed by atoms with Crippen LogP contribution in [0.5, 0.6) is 0 Å². The molecule has 1 atom stereocenters. The first kappa shape index (κ1) is 22.5. The van der Waals surface area contributed by atoms with Crippen LogP contribution in [-0.2, 0) is 26.2 Å². The summed E-state index contributed by atoms with van der Waals surface area (Å²) in [5.74, 6) is -2.38. The van der Waals surface area contributed by atoms with Crippen molar-refractivity contribution in [1.82, 2.24) is 14.5 Å². The topological polar surface area (TPSA) is 107 Å². The normalized spacial score (nSPS) is 22.9. The number of sulfonamides is 1. The van der Waals surface area contributed by atoms with Gasteiger partial charge in [-0.05, 0) is 24.1 Å². The molecule has 2 fully saturated rings. The van der Waals surface area contributed by atoms with E-state index >= 15 is 0 Å². The fourth-order valence-electron chi connectivity index (χ4n) is 4.13. The predicted octanol–water partition coefficient (Wildman–Crippen LogP) is 0.558. The minimum atomic E-state index is -5.46. The Labute approximate surface area is 180 Å². The van der Waals surface area contributed by atoms with E-state index < -0.39 is 58.2 Å². The lowest BCUT2D eigenvalue weighted by molar-refractivity contribution is -0.136. The van der Waals surface area contributed by atoms with Crippen LogP contribution in [0.25, 0.3) is 0 Å². The highest BCUT2D eigenvalue weighted by molar-refractivity contribution is 7.90. The number of imide groups is 1. The zero-order valence-electron chi connectivity index (χ0n) is 16.5. The van der Waals surface area contributed by atoms with E-state index in [1.165, 1.54) is 15.9 Å². The van der Waals surface area contributed by atoms with Gasteiger partial charge >= 0.3 is 15.5 Å². The van der Waals surface area contributed by atoms with Crippen LogP contribution in [0.15, 0.2) is 12.1 Å². The van der Waals surface area contributed by atoms with Gasteiger partial charge in [0.25, 0.3) is 5.91 Å². The molecule has 0 spiro atoms. The molecule has 0 bridgehead atoms. The smallest absolute Gasteiger partial charge is 0.367 e. The Hall–Kier alpha value is -2.74. The molecule has 3 amide bonds. The summed E-state index contributed by atoms with van der Waals surface area (Å²) in [7, 11) is -5.46. The van der Waals surface area contributed by atoms with Crippen LogP contribution in [-0.4, -0.2) is 73.1 Å². The van der Waals surface area contributed by atoms with Gasteiger partial charge in [-0.3, -0.25) is 19.7 Å². The third-order valence-corrected chi connectivity index (χ3v) is 7.43. The first-order valence-electron chi connectivity index (χ1n) is 9.68. The molecular formula is C18H18F4N4O5S.